The Morgan fingerprint density at radius 2 is 1.93 bits per heavy atom. The number of nitrogens with zero attached hydrogens (tertiary/aromatic N) is 2. The highest BCUT2D eigenvalue weighted by Crippen LogP contribution is 2.38. The Hall–Kier alpha value is -3.23. The van der Waals surface area contributed by atoms with Crippen molar-refractivity contribution in [2.75, 3.05) is 4.90 Å². The molecule has 9 heteroatoms. The van der Waals surface area contributed by atoms with Crippen LogP contribution in [-0.4, -0.2) is 22.3 Å². The maximum Gasteiger partial charge on any atom is 0.273 e. The molecule has 0 saturated carbocycles. The lowest BCUT2D eigenvalue weighted by Crippen LogP contribution is -2.40. The molecule has 0 aliphatic carbocycles. The smallest absolute Gasteiger partial charge is 0.273 e. The van der Waals surface area contributed by atoms with Crippen LogP contribution in [-0.2, 0) is 14.4 Å². The molecule has 2 aromatic rings. The summed E-state index contributed by atoms with van der Waals surface area (Å²) >= 11 is 5.85. The van der Waals surface area contributed by atoms with Gasteiger partial charge in [0.15, 0.2) is 0 Å². The number of amides is 2. The van der Waals surface area contributed by atoms with E-state index in [1.54, 1.807) is 30.3 Å². The molecule has 1 saturated heterocycles. The van der Waals surface area contributed by atoms with E-state index in [9.17, 15) is 19.7 Å². The number of hydrogen-bond acceptors (Lipinski definition) is 6. The highest BCUT2D eigenvalue weighted by molar-refractivity contribution is 6.31. The first-order chi connectivity index (χ1) is 12.9. The number of hydrogen-bond donors (Lipinski definition) is 1. The first-order valence-electron chi connectivity index (χ1n) is 7.94. The third kappa shape index (κ3) is 2.84. The van der Waals surface area contributed by atoms with Gasteiger partial charge < -0.3 is 0 Å². The van der Waals surface area contributed by atoms with Crippen molar-refractivity contribution in [2.45, 2.75) is 12.0 Å². The number of halogens is 1. The van der Waals surface area contributed by atoms with Crippen LogP contribution in [0.3, 0.4) is 0 Å². The molecular weight excluding hydrogens is 374 g/mol. The molecule has 2 aliphatic heterocycles. The minimum absolute atomic E-state index is 0.0900. The van der Waals surface area contributed by atoms with Gasteiger partial charge in [0, 0.05) is 22.7 Å². The third-order valence-electron chi connectivity index (χ3n) is 4.40. The number of hydroxylamine groups is 1. The molecule has 1 fully saturated rings. The number of benzene rings is 2. The summed E-state index contributed by atoms with van der Waals surface area (Å²) in [4.78, 5) is 42.4. The predicted molar refractivity (Wildman–Crippen MR) is 96.6 cm³/mol. The Morgan fingerprint density at radius 3 is 2.63 bits per heavy atom. The molecule has 2 aromatic carbocycles. The van der Waals surface area contributed by atoms with Crippen LogP contribution < -0.4 is 10.4 Å². The second-order valence-electron chi connectivity index (χ2n) is 6.15. The van der Waals surface area contributed by atoms with Gasteiger partial charge in [-0.3, -0.25) is 30.0 Å². The zero-order valence-corrected chi connectivity index (χ0v) is 14.5. The van der Waals surface area contributed by atoms with Crippen LogP contribution in [0, 0.1) is 10.1 Å². The minimum atomic E-state index is -1.49. The molecule has 0 unspecified atom stereocenters. The standard InChI is InChI=1S/C18H12ClN3O5/c19-12-4-6-13(7-5-12)21-16(23)10-18(17(21)24)9-15(20-27-18)11-2-1-3-14(8-11)22(25)26/h1-9,20H,10H2/t18-/m0/s1. The van der Waals surface area contributed by atoms with Crippen molar-refractivity contribution >= 4 is 40.5 Å². The molecule has 1 atom stereocenters. The number of carbonyl (C=O) groups excluding carboxylic acids is 2. The average molecular weight is 386 g/mol. The molecule has 0 bridgehead atoms. The zero-order valence-electron chi connectivity index (χ0n) is 13.7. The molecule has 2 amide bonds. The Morgan fingerprint density at radius 1 is 1.19 bits per heavy atom. The zero-order chi connectivity index (χ0) is 19.2. The first kappa shape index (κ1) is 17.2. The summed E-state index contributed by atoms with van der Waals surface area (Å²) in [7, 11) is 0. The monoisotopic (exact) mass is 385 g/mol. The van der Waals surface area contributed by atoms with Gasteiger partial charge in [0.05, 0.1) is 22.7 Å². The largest absolute Gasteiger partial charge is 0.274 e. The minimum Gasteiger partial charge on any atom is -0.274 e. The SMILES string of the molecule is O=C1C[C@@]2(C=C(c3cccc([N+](=O)[O-])c3)NO2)C(=O)N1c1ccc(Cl)cc1. The normalized spacial score (nSPS) is 21.5. The van der Waals surface area contributed by atoms with E-state index in [1.807, 2.05) is 0 Å². The number of carbonyl (C=O) groups is 2. The van der Waals surface area contributed by atoms with Gasteiger partial charge in [0.25, 0.3) is 11.6 Å². The predicted octanol–water partition coefficient (Wildman–Crippen LogP) is 2.83. The van der Waals surface area contributed by atoms with E-state index >= 15 is 0 Å². The Kier molecular flexibility index (Phi) is 3.94. The fourth-order valence-corrected chi connectivity index (χ4v) is 3.22. The molecule has 8 nitrogen and oxygen atoms in total. The van der Waals surface area contributed by atoms with Crippen LogP contribution in [0.15, 0.2) is 54.6 Å². The lowest BCUT2D eigenvalue weighted by molar-refractivity contribution is -0.384. The van der Waals surface area contributed by atoms with E-state index in [4.69, 9.17) is 16.4 Å². The Labute approximate surface area is 158 Å². The highest BCUT2D eigenvalue weighted by Gasteiger charge is 2.55. The highest BCUT2D eigenvalue weighted by atomic mass is 35.5. The Balaban J connectivity index is 1.68. The fourth-order valence-electron chi connectivity index (χ4n) is 3.09. The molecule has 4 rings (SSSR count). The van der Waals surface area contributed by atoms with Gasteiger partial charge in [-0.05, 0) is 30.3 Å². The number of nitro groups is 1. The van der Waals surface area contributed by atoms with E-state index in [-0.39, 0.29) is 12.1 Å². The van der Waals surface area contributed by atoms with Crippen molar-refractivity contribution in [1.29, 1.82) is 0 Å². The molecule has 1 spiro atoms. The number of rotatable bonds is 3. The van der Waals surface area contributed by atoms with Crippen molar-refractivity contribution in [3.8, 4) is 0 Å². The van der Waals surface area contributed by atoms with Gasteiger partial charge in [-0.25, -0.2) is 4.90 Å². The molecule has 136 valence electrons. The summed E-state index contributed by atoms with van der Waals surface area (Å²) in [5.41, 5.74) is 2.30. The second kappa shape index (κ2) is 6.19. The van der Waals surface area contributed by atoms with Crippen molar-refractivity contribution in [2.24, 2.45) is 0 Å². The van der Waals surface area contributed by atoms with E-state index in [2.05, 4.69) is 5.48 Å². The number of imide groups is 1. The molecule has 2 aliphatic rings. The van der Waals surface area contributed by atoms with E-state index in [1.165, 1.54) is 24.3 Å². The van der Waals surface area contributed by atoms with Gasteiger partial charge in [0.1, 0.15) is 0 Å². The van der Waals surface area contributed by atoms with Crippen molar-refractivity contribution in [3.05, 3.63) is 75.3 Å². The maximum atomic E-state index is 12.9. The van der Waals surface area contributed by atoms with Gasteiger partial charge in [0.2, 0.25) is 11.5 Å². The summed E-state index contributed by atoms with van der Waals surface area (Å²) in [6.07, 6.45) is 1.31. The molecule has 27 heavy (non-hydrogen) atoms. The summed E-state index contributed by atoms with van der Waals surface area (Å²) in [6.45, 7) is 0. The van der Waals surface area contributed by atoms with Gasteiger partial charge in [-0.2, -0.15) is 0 Å². The van der Waals surface area contributed by atoms with Crippen LogP contribution in [0.1, 0.15) is 12.0 Å². The molecule has 2 heterocycles. The van der Waals surface area contributed by atoms with Crippen molar-refractivity contribution < 1.29 is 19.3 Å². The fraction of sp³-hybridized carbons (Fsp3) is 0.111. The van der Waals surface area contributed by atoms with Crippen LogP contribution in [0.4, 0.5) is 11.4 Å². The number of nitro benzene ring substituents is 1. The summed E-state index contributed by atoms with van der Waals surface area (Å²) in [5, 5.41) is 11.4. The first-order valence-corrected chi connectivity index (χ1v) is 8.32. The topological polar surface area (TPSA) is 102 Å². The second-order valence-corrected chi connectivity index (χ2v) is 6.58. The summed E-state index contributed by atoms with van der Waals surface area (Å²) < 4.78 is 0. The molecular formula is C18H12ClN3O5. The molecule has 0 aromatic heterocycles. The van der Waals surface area contributed by atoms with E-state index in [0.29, 0.717) is 22.0 Å². The maximum absolute atomic E-state index is 12.9. The molecule has 0 radical (unpaired) electrons. The summed E-state index contributed by atoms with van der Waals surface area (Å²) in [5.74, 6) is -0.955. The quantitative estimate of drug-likeness (QED) is 0.495. The van der Waals surface area contributed by atoms with Crippen LogP contribution in [0.5, 0.6) is 0 Å². The van der Waals surface area contributed by atoms with E-state index < -0.39 is 22.3 Å². The number of anilines is 1. The van der Waals surface area contributed by atoms with Crippen LogP contribution >= 0.6 is 11.6 Å². The van der Waals surface area contributed by atoms with Crippen LogP contribution in [0.2, 0.25) is 5.02 Å². The van der Waals surface area contributed by atoms with Crippen LogP contribution in [0.25, 0.3) is 5.70 Å². The van der Waals surface area contributed by atoms with Crippen molar-refractivity contribution in [1.82, 2.24) is 5.48 Å². The Bertz CT molecular complexity index is 1000. The average Bonchev–Trinajstić information content (AvgIpc) is 3.18. The van der Waals surface area contributed by atoms with Crippen molar-refractivity contribution in [3.63, 3.8) is 0 Å². The lowest BCUT2D eigenvalue weighted by atomic mass is 9.99. The number of nitrogens with one attached hydrogen (secondary N) is 1. The van der Waals surface area contributed by atoms with Gasteiger partial charge >= 0.3 is 0 Å². The van der Waals surface area contributed by atoms with E-state index in [0.717, 1.165) is 4.90 Å². The number of non-ortho nitro benzene ring substituents is 1. The molecule has 1 N–H and O–H groups in total. The van der Waals surface area contributed by atoms with Gasteiger partial charge in [-0.1, -0.05) is 23.7 Å². The lowest BCUT2D eigenvalue weighted by Gasteiger charge is -2.18. The van der Waals surface area contributed by atoms with Gasteiger partial charge in [-0.15, -0.1) is 0 Å². The third-order valence-corrected chi connectivity index (χ3v) is 4.65. The summed E-state index contributed by atoms with van der Waals surface area (Å²) in [6, 6.07) is 12.2.